The maximum Gasteiger partial charge on any atom is 0.417 e. The van der Waals surface area contributed by atoms with Crippen molar-refractivity contribution in [2.45, 2.75) is 37.6 Å². The number of fused-ring (bicyclic) bond motifs is 3. The molecule has 1 aliphatic rings. The second kappa shape index (κ2) is 7.84. The summed E-state index contributed by atoms with van der Waals surface area (Å²) in [6.07, 6.45) is -2.42. The molecule has 1 saturated carbocycles. The summed E-state index contributed by atoms with van der Waals surface area (Å²) in [6.45, 7) is 1.84. The van der Waals surface area contributed by atoms with E-state index in [1.807, 2.05) is 37.3 Å². The summed E-state index contributed by atoms with van der Waals surface area (Å²) in [7, 11) is 0. The van der Waals surface area contributed by atoms with Crippen LogP contribution in [0.5, 0.6) is 0 Å². The second-order valence-electron chi connectivity index (χ2n) is 9.45. The van der Waals surface area contributed by atoms with E-state index < -0.39 is 23.4 Å². The van der Waals surface area contributed by atoms with E-state index in [0.717, 1.165) is 17.3 Å². The maximum absolute atomic E-state index is 14.0. The number of nitrogens with zero attached hydrogens (tertiary/aromatic N) is 4. The van der Waals surface area contributed by atoms with E-state index in [0.29, 0.717) is 46.3 Å². The van der Waals surface area contributed by atoms with E-state index in [9.17, 15) is 18.3 Å². The molecular weight excluding hydrogens is 467 g/mol. The Hall–Kier alpha value is -3.82. The topological polar surface area (TPSA) is 89.3 Å². The van der Waals surface area contributed by atoms with Gasteiger partial charge in [-0.2, -0.15) is 22.8 Å². The van der Waals surface area contributed by atoms with E-state index in [-0.39, 0.29) is 5.56 Å². The SMILES string of the molecule is Cc1cc2ncc3cc(-c4ccccc4C(F)(F)F)c(-c4ccc([C@]5(N)C[C@H](O)C5)cc4)nc3n2n1. The summed E-state index contributed by atoms with van der Waals surface area (Å²) in [5.74, 6) is 0. The molecule has 9 heteroatoms. The minimum absolute atomic E-state index is 0.0348. The van der Waals surface area contributed by atoms with Crippen LogP contribution in [-0.4, -0.2) is 30.8 Å². The summed E-state index contributed by atoms with van der Waals surface area (Å²) in [4.78, 5) is 9.25. The van der Waals surface area contributed by atoms with Gasteiger partial charge in [-0.15, -0.1) is 0 Å². The highest BCUT2D eigenvalue weighted by Gasteiger charge is 2.41. The van der Waals surface area contributed by atoms with Crippen molar-refractivity contribution >= 4 is 16.7 Å². The van der Waals surface area contributed by atoms with Crippen LogP contribution in [0.15, 0.2) is 66.9 Å². The molecule has 182 valence electrons. The fraction of sp³-hybridized carbons (Fsp3) is 0.222. The zero-order valence-corrected chi connectivity index (χ0v) is 19.3. The Morgan fingerprint density at radius 2 is 1.75 bits per heavy atom. The Morgan fingerprint density at radius 1 is 1.03 bits per heavy atom. The van der Waals surface area contributed by atoms with Gasteiger partial charge in [-0.3, -0.25) is 0 Å². The molecule has 0 saturated heterocycles. The van der Waals surface area contributed by atoms with Crippen LogP contribution in [-0.2, 0) is 11.7 Å². The quantitative estimate of drug-likeness (QED) is 0.362. The number of aromatic nitrogens is 4. The molecule has 1 aliphatic carbocycles. The lowest BCUT2D eigenvalue weighted by Crippen LogP contribution is -2.51. The van der Waals surface area contributed by atoms with Gasteiger partial charge in [-0.1, -0.05) is 42.5 Å². The molecule has 36 heavy (non-hydrogen) atoms. The molecule has 0 spiro atoms. The number of aliphatic hydroxyl groups is 1. The van der Waals surface area contributed by atoms with Crippen molar-refractivity contribution in [3.63, 3.8) is 0 Å². The number of aliphatic hydroxyl groups excluding tert-OH is 1. The van der Waals surface area contributed by atoms with Crippen LogP contribution >= 0.6 is 0 Å². The minimum Gasteiger partial charge on any atom is -0.393 e. The number of nitrogens with two attached hydrogens (primary N) is 1. The van der Waals surface area contributed by atoms with Crippen molar-refractivity contribution in [1.82, 2.24) is 19.6 Å². The lowest BCUT2D eigenvalue weighted by atomic mass is 9.70. The van der Waals surface area contributed by atoms with Gasteiger partial charge in [0.1, 0.15) is 0 Å². The molecule has 6 rings (SSSR count). The van der Waals surface area contributed by atoms with Crippen molar-refractivity contribution in [2.24, 2.45) is 5.73 Å². The molecule has 5 aromatic rings. The van der Waals surface area contributed by atoms with Gasteiger partial charge in [-0.25, -0.2) is 9.97 Å². The number of hydrogen-bond donors (Lipinski definition) is 2. The molecule has 0 bridgehead atoms. The van der Waals surface area contributed by atoms with Gasteiger partial charge >= 0.3 is 6.18 Å². The Bertz CT molecular complexity index is 1620. The number of alkyl halides is 3. The Morgan fingerprint density at radius 3 is 2.44 bits per heavy atom. The maximum atomic E-state index is 14.0. The first-order valence-electron chi connectivity index (χ1n) is 11.5. The van der Waals surface area contributed by atoms with E-state index in [1.54, 1.807) is 22.8 Å². The van der Waals surface area contributed by atoms with Crippen LogP contribution in [0, 0.1) is 6.92 Å². The van der Waals surface area contributed by atoms with Gasteiger partial charge in [0.2, 0.25) is 0 Å². The molecule has 0 aliphatic heterocycles. The number of aryl methyl sites for hydroxylation is 1. The number of halogens is 3. The molecule has 0 radical (unpaired) electrons. The van der Waals surface area contributed by atoms with Crippen molar-refractivity contribution in [3.05, 3.63) is 83.7 Å². The highest BCUT2D eigenvalue weighted by atomic mass is 19.4. The lowest BCUT2D eigenvalue weighted by Gasteiger charge is -2.42. The molecule has 0 unspecified atom stereocenters. The van der Waals surface area contributed by atoms with Crippen LogP contribution < -0.4 is 5.73 Å². The molecule has 2 aromatic carbocycles. The van der Waals surface area contributed by atoms with Gasteiger partial charge in [0.05, 0.1) is 23.1 Å². The van der Waals surface area contributed by atoms with E-state index in [1.165, 1.54) is 12.1 Å². The predicted octanol–water partition coefficient (Wildman–Crippen LogP) is 5.25. The molecule has 1 fully saturated rings. The molecule has 3 aromatic heterocycles. The third-order valence-electron chi connectivity index (χ3n) is 6.84. The fourth-order valence-electron chi connectivity index (χ4n) is 5.02. The van der Waals surface area contributed by atoms with Crippen molar-refractivity contribution in [3.8, 4) is 22.4 Å². The van der Waals surface area contributed by atoms with E-state index in [4.69, 9.17) is 10.7 Å². The molecule has 6 nitrogen and oxygen atoms in total. The number of hydrogen-bond acceptors (Lipinski definition) is 5. The highest BCUT2D eigenvalue weighted by Crippen LogP contribution is 2.43. The van der Waals surface area contributed by atoms with E-state index >= 15 is 0 Å². The first-order valence-corrected chi connectivity index (χ1v) is 11.5. The summed E-state index contributed by atoms with van der Waals surface area (Å²) in [6, 6.07) is 16.3. The first kappa shape index (κ1) is 22.6. The van der Waals surface area contributed by atoms with Crippen LogP contribution in [0.25, 0.3) is 39.1 Å². The molecular formula is C27H22F3N5O. The number of benzene rings is 2. The first-order chi connectivity index (χ1) is 17.1. The van der Waals surface area contributed by atoms with Crippen LogP contribution in [0.3, 0.4) is 0 Å². The van der Waals surface area contributed by atoms with Crippen molar-refractivity contribution in [2.75, 3.05) is 0 Å². The summed E-state index contributed by atoms with van der Waals surface area (Å²) in [5.41, 5.74) is 9.20. The summed E-state index contributed by atoms with van der Waals surface area (Å²) in [5, 5.41) is 14.8. The third-order valence-corrected chi connectivity index (χ3v) is 6.84. The normalized spacial score (nSPS) is 20.1. The molecule has 0 atom stereocenters. The van der Waals surface area contributed by atoms with Gasteiger partial charge in [0.25, 0.3) is 0 Å². The average Bonchev–Trinajstić information content (AvgIpc) is 3.22. The fourth-order valence-corrected chi connectivity index (χ4v) is 5.02. The molecule has 0 amide bonds. The molecule has 3 N–H and O–H groups in total. The largest absolute Gasteiger partial charge is 0.417 e. The van der Waals surface area contributed by atoms with Crippen molar-refractivity contribution < 1.29 is 18.3 Å². The zero-order valence-electron chi connectivity index (χ0n) is 19.3. The minimum atomic E-state index is -4.54. The standard InChI is InChI=1S/C27H22F3N5O/c1-15-10-23-32-14-17-11-21(20-4-2-3-5-22(20)27(28,29)30)24(33-25(17)35(23)34-15)16-6-8-18(9-7-16)26(31)12-19(36)13-26/h2-11,14,19,36H,12-13,31H2,1H3/t19-,26-. The van der Waals surface area contributed by atoms with Crippen LogP contribution in [0.2, 0.25) is 0 Å². The highest BCUT2D eigenvalue weighted by molar-refractivity contribution is 5.91. The second-order valence-corrected chi connectivity index (χ2v) is 9.45. The van der Waals surface area contributed by atoms with Crippen molar-refractivity contribution in [1.29, 1.82) is 0 Å². The van der Waals surface area contributed by atoms with E-state index in [2.05, 4.69) is 10.1 Å². The van der Waals surface area contributed by atoms with Gasteiger partial charge in [-0.05, 0) is 43.0 Å². The Balaban J connectivity index is 1.60. The van der Waals surface area contributed by atoms with Gasteiger partial charge < -0.3 is 10.8 Å². The van der Waals surface area contributed by atoms with Gasteiger partial charge in [0, 0.05) is 34.3 Å². The smallest absolute Gasteiger partial charge is 0.393 e. The van der Waals surface area contributed by atoms with Gasteiger partial charge in [0.15, 0.2) is 11.3 Å². The predicted molar refractivity (Wildman–Crippen MR) is 130 cm³/mol. The average molecular weight is 490 g/mol. The third kappa shape index (κ3) is 3.63. The number of rotatable bonds is 3. The van der Waals surface area contributed by atoms with Crippen LogP contribution in [0.4, 0.5) is 13.2 Å². The molecule has 3 heterocycles. The Kier molecular flexibility index (Phi) is 4.93. The monoisotopic (exact) mass is 489 g/mol. The summed E-state index contributed by atoms with van der Waals surface area (Å²) >= 11 is 0. The Labute approximate surface area is 204 Å². The van der Waals surface area contributed by atoms with Crippen LogP contribution in [0.1, 0.15) is 29.7 Å². The zero-order chi connectivity index (χ0) is 25.2. The number of pyridine rings is 1. The summed E-state index contributed by atoms with van der Waals surface area (Å²) < 4.78 is 43.5. The lowest BCUT2D eigenvalue weighted by molar-refractivity contribution is -0.137.